The summed E-state index contributed by atoms with van der Waals surface area (Å²) in [4.78, 5) is 29.3. The standard InChI is InChI=1S/C23H27N3O3/c1-3-25-10-12-26(13-11-25)20-9-8-17(14-16(20)2)24-22(27)15-21-18-6-4-5-7-19(18)23(28)29-21/h4-9,14,21H,3,10-13,15H2,1-2H3,(H,24,27)/t21-/m1/s1. The Bertz CT molecular complexity index is 919. The van der Waals surface area contributed by atoms with Crippen LogP contribution in [0.15, 0.2) is 42.5 Å². The van der Waals surface area contributed by atoms with E-state index in [4.69, 9.17) is 4.74 Å². The van der Waals surface area contributed by atoms with Crippen molar-refractivity contribution < 1.29 is 14.3 Å². The maximum atomic E-state index is 12.5. The first kappa shape index (κ1) is 19.5. The van der Waals surface area contributed by atoms with Gasteiger partial charge in [-0.25, -0.2) is 4.79 Å². The van der Waals surface area contributed by atoms with E-state index in [1.165, 1.54) is 5.69 Å². The molecule has 4 rings (SSSR count). The molecule has 1 amide bonds. The molecule has 2 aromatic rings. The number of carbonyl (C=O) groups excluding carboxylic acids is 2. The van der Waals surface area contributed by atoms with E-state index in [9.17, 15) is 9.59 Å². The first-order chi connectivity index (χ1) is 14.0. The molecule has 1 N–H and O–H groups in total. The molecule has 1 saturated heterocycles. The number of anilines is 2. The van der Waals surface area contributed by atoms with Gasteiger partial charge in [0.15, 0.2) is 0 Å². The summed E-state index contributed by atoms with van der Waals surface area (Å²) in [6, 6.07) is 13.3. The Kier molecular flexibility index (Phi) is 5.53. The summed E-state index contributed by atoms with van der Waals surface area (Å²) in [6.45, 7) is 9.57. The van der Waals surface area contributed by atoms with Gasteiger partial charge in [0.05, 0.1) is 12.0 Å². The number of benzene rings is 2. The number of aryl methyl sites for hydroxylation is 1. The number of amides is 1. The lowest BCUT2D eigenvalue weighted by Gasteiger charge is -2.36. The number of ether oxygens (including phenoxy) is 1. The zero-order chi connectivity index (χ0) is 20.4. The average Bonchev–Trinajstić information content (AvgIpc) is 3.04. The molecular formula is C23H27N3O3. The lowest BCUT2D eigenvalue weighted by atomic mass is 10.0. The fourth-order valence-electron chi connectivity index (χ4n) is 4.14. The van der Waals surface area contributed by atoms with Crippen LogP contribution in [0.3, 0.4) is 0 Å². The number of nitrogens with zero attached hydrogens (tertiary/aromatic N) is 2. The van der Waals surface area contributed by atoms with Crippen LogP contribution in [0.1, 0.15) is 40.9 Å². The molecule has 6 nitrogen and oxygen atoms in total. The smallest absolute Gasteiger partial charge is 0.339 e. The van der Waals surface area contributed by atoms with Gasteiger partial charge in [-0.15, -0.1) is 0 Å². The molecular weight excluding hydrogens is 366 g/mol. The van der Waals surface area contributed by atoms with Crippen molar-refractivity contribution in [3.63, 3.8) is 0 Å². The van der Waals surface area contributed by atoms with E-state index >= 15 is 0 Å². The second-order valence-corrected chi connectivity index (χ2v) is 7.66. The van der Waals surface area contributed by atoms with Gasteiger partial charge in [0.1, 0.15) is 6.10 Å². The zero-order valence-electron chi connectivity index (χ0n) is 17.0. The zero-order valence-corrected chi connectivity index (χ0v) is 17.0. The van der Waals surface area contributed by atoms with Crippen molar-refractivity contribution in [2.24, 2.45) is 0 Å². The van der Waals surface area contributed by atoms with Crippen molar-refractivity contribution in [2.75, 3.05) is 42.9 Å². The SMILES string of the molecule is CCN1CCN(c2ccc(NC(=O)C[C@H]3OC(=O)c4ccccc43)cc2C)CC1. The van der Waals surface area contributed by atoms with E-state index in [0.29, 0.717) is 5.56 Å². The number of hydrogen-bond donors (Lipinski definition) is 1. The van der Waals surface area contributed by atoms with Crippen LogP contribution in [0.2, 0.25) is 0 Å². The third-order valence-corrected chi connectivity index (χ3v) is 5.79. The van der Waals surface area contributed by atoms with Crippen molar-refractivity contribution in [3.8, 4) is 0 Å². The summed E-state index contributed by atoms with van der Waals surface area (Å²) in [5, 5.41) is 2.94. The van der Waals surface area contributed by atoms with Crippen LogP contribution in [0, 0.1) is 6.92 Å². The molecule has 0 aromatic heterocycles. The summed E-state index contributed by atoms with van der Waals surface area (Å²) in [5.74, 6) is -0.523. The van der Waals surface area contributed by atoms with E-state index in [2.05, 4.69) is 35.0 Å². The van der Waals surface area contributed by atoms with Crippen LogP contribution in [0.5, 0.6) is 0 Å². The van der Waals surface area contributed by atoms with Crippen LogP contribution in [0.25, 0.3) is 0 Å². The number of piperazine rings is 1. The van der Waals surface area contributed by atoms with E-state index in [-0.39, 0.29) is 18.3 Å². The molecule has 0 unspecified atom stereocenters. The Morgan fingerprint density at radius 2 is 1.90 bits per heavy atom. The van der Waals surface area contributed by atoms with Gasteiger partial charge in [0.25, 0.3) is 0 Å². The largest absolute Gasteiger partial charge is 0.453 e. The van der Waals surface area contributed by atoms with Crippen molar-refractivity contribution in [2.45, 2.75) is 26.4 Å². The highest BCUT2D eigenvalue weighted by Gasteiger charge is 2.32. The average molecular weight is 393 g/mol. The Balaban J connectivity index is 1.38. The van der Waals surface area contributed by atoms with E-state index < -0.39 is 6.10 Å². The van der Waals surface area contributed by atoms with Crippen LogP contribution in [0.4, 0.5) is 11.4 Å². The molecule has 6 heteroatoms. The van der Waals surface area contributed by atoms with Crippen LogP contribution in [-0.2, 0) is 9.53 Å². The molecule has 1 atom stereocenters. The van der Waals surface area contributed by atoms with E-state index in [0.717, 1.165) is 49.5 Å². The Hall–Kier alpha value is -2.86. The van der Waals surface area contributed by atoms with E-state index in [1.54, 1.807) is 12.1 Å². The summed E-state index contributed by atoms with van der Waals surface area (Å²) >= 11 is 0. The molecule has 0 bridgehead atoms. The molecule has 1 fully saturated rings. The lowest BCUT2D eigenvalue weighted by Crippen LogP contribution is -2.46. The fourth-order valence-corrected chi connectivity index (χ4v) is 4.14. The number of cyclic esters (lactones) is 1. The van der Waals surface area contributed by atoms with Crippen molar-refractivity contribution >= 4 is 23.3 Å². The number of esters is 1. The van der Waals surface area contributed by atoms with Crippen LogP contribution in [-0.4, -0.2) is 49.5 Å². The maximum absolute atomic E-state index is 12.5. The normalized spacial score (nSPS) is 19.0. The van der Waals surface area contributed by atoms with Gasteiger partial charge < -0.3 is 19.9 Å². The Morgan fingerprint density at radius 1 is 1.14 bits per heavy atom. The lowest BCUT2D eigenvalue weighted by molar-refractivity contribution is -0.118. The molecule has 29 heavy (non-hydrogen) atoms. The number of fused-ring (bicyclic) bond motifs is 1. The quantitative estimate of drug-likeness (QED) is 0.789. The predicted molar refractivity (Wildman–Crippen MR) is 113 cm³/mol. The Morgan fingerprint density at radius 3 is 2.62 bits per heavy atom. The fraction of sp³-hybridized carbons (Fsp3) is 0.391. The maximum Gasteiger partial charge on any atom is 0.339 e. The first-order valence-corrected chi connectivity index (χ1v) is 10.2. The van der Waals surface area contributed by atoms with Gasteiger partial charge >= 0.3 is 5.97 Å². The monoisotopic (exact) mass is 393 g/mol. The summed E-state index contributed by atoms with van der Waals surface area (Å²) in [5.41, 5.74) is 4.46. The van der Waals surface area contributed by atoms with Gasteiger partial charge in [-0.1, -0.05) is 25.1 Å². The Labute approximate surface area is 171 Å². The minimum Gasteiger partial charge on any atom is -0.453 e. The summed E-state index contributed by atoms with van der Waals surface area (Å²) < 4.78 is 5.37. The molecule has 0 saturated carbocycles. The van der Waals surface area contributed by atoms with Gasteiger partial charge in [0.2, 0.25) is 5.91 Å². The molecule has 0 aliphatic carbocycles. The molecule has 2 aliphatic heterocycles. The first-order valence-electron chi connectivity index (χ1n) is 10.2. The van der Waals surface area contributed by atoms with Crippen LogP contribution >= 0.6 is 0 Å². The van der Waals surface area contributed by atoms with Gasteiger partial charge in [0, 0.05) is 43.1 Å². The summed E-state index contributed by atoms with van der Waals surface area (Å²) in [7, 11) is 0. The number of rotatable bonds is 5. The minimum absolute atomic E-state index is 0.114. The van der Waals surface area contributed by atoms with Gasteiger partial charge in [-0.2, -0.15) is 0 Å². The number of likely N-dealkylation sites (N-methyl/N-ethyl adjacent to an activating group) is 1. The molecule has 0 radical (unpaired) electrons. The topological polar surface area (TPSA) is 61.9 Å². The van der Waals surface area contributed by atoms with E-state index in [1.807, 2.05) is 24.3 Å². The third kappa shape index (κ3) is 4.12. The second kappa shape index (κ2) is 8.25. The highest BCUT2D eigenvalue weighted by atomic mass is 16.5. The molecule has 2 heterocycles. The minimum atomic E-state index is -0.520. The van der Waals surface area contributed by atoms with Crippen molar-refractivity contribution in [1.82, 2.24) is 4.90 Å². The van der Waals surface area contributed by atoms with Crippen molar-refractivity contribution in [1.29, 1.82) is 0 Å². The predicted octanol–water partition coefficient (Wildman–Crippen LogP) is 3.38. The highest BCUT2D eigenvalue weighted by Crippen LogP contribution is 2.33. The van der Waals surface area contributed by atoms with Gasteiger partial charge in [-0.3, -0.25) is 4.79 Å². The molecule has 2 aliphatic rings. The molecule has 0 spiro atoms. The summed E-state index contributed by atoms with van der Waals surface area (Å²) in [6.07, 6.45) is -0.406. The number of carbonyl (C=O) groups is 2. The van der Waals surface area contributed by atoms with Gasteiger partial charge in [-0.05, 0) is 43.3 Å². The highest BCUT2D eigenvalue weighted by molar-refractivity contribution is 5.96. The third-order valence-electron chi connectivity index (χ3n) is 5.79. The number of nitrogens with one attached hydrogen (secondary N) is 1. The van der Waals surface area contributed by atoms with Crippen LogP contribution < -0.4 is 10.2 Å². The number of hydrogen-bond acceptors (Lipinski definition) is 5. The molecule has 2 aromatic carbocycles. The van der Waals surface area contributed by atoms with Crippen molar-refractivity contribution in [3.05, 3.63) is 59.2 Å². The second-order valence-electron chi connectivity index (χ2n) is 7.66. The molecule has 152 valence electrons.